The Balaban J connectivity index is 1.67. The molecule has 24 heavy (non-hydrogen) atoms. The zero-order chi connectivity index (χ0) is 17.2. The van der Waals surface area contributed by atoms with Crippen LogP contribution in [0.4, 0.5) is 0 Å². The average Bonchev–Trinajstić information content (AvgIpc) is 2.89. The molecule has 0 atom stereocenters. The van der Waals surface area contributed by atoms with Crippen LogP contribution in [0.1, 0.15) is 48.3 Å². The third-order valence-electron chi connectivity index (χ3n) is 4.49. The third kappa shape index (κ3) is 4.03. The summed E-state index contributed by atoms with van der Waals surface area (Å²) in [7, 11) is 0. The number of aliphatic hydroxyl groups is 1. The summed E-state index contributed by atoms with van der Waals surface area (Å²) in [6.45, 7) is 5.92. The van der Waals surface area contributed by atoms with Crippen LogP contribution in [0.2, 0.25) is 0 Å². The molecule has 2 aromatic rings. The van der Waals surface area contributed by atoms with Crippen molar-refractivity contribution in [1.29, 1.82) is 0 Å². The predicted molar refractivity (Wildman–Crippen MR) is 92.6 cm³/mol. The Morgan fingerprint density at radius 3 is 2.71 bits per heavy atom. The van der Waals surface area contributed by atoms with Gasteiger partial charge >= 0.3 is 0 Å². The second-order valence-electron chi connectivity index (χ2n) is 7.17. The Kier molecular flexibility index (Phi) is 4.71. The molecule has 128 valence electrons. The van der Waals surface area contributed by atoms with Gasteiger partial charge in [0.1, 0.15) is 0 Å². The molecule has 0 spiro atoms. The molecular weight excluding hydrogens is 302 g/mol. The Bertz CT molecular complexity index is 698. The molecule has 2 heterocycles. The topological polar surface area (TPSA) is 58.4 Å². The fourth-order valence-electron chi connectivity index (χ4n) is 3.01. The zero-order valence-corrected chi connectivity index (χ0v) is 14.4. The second kappa shape index (κ2) is 6.77. The first-order chi connectivity index (χ1) is 11.4. The van der Waals surface area contributed by atoms with E-state index in [1.165, 1.54) is 0 Å². The van der Waals surface area contributed by atoms with Crippen LogP contribution >= 0.6 is 0 Å². The summed E-state index contributed by atoms with van der Waals surface area (Å²) in [4.78, 5) is 18.8. The van der Waals surface area contributed by atoms with Crippen molar-refractivity contribution in [1.82, 2.24) is 14.5 Å². The van der Waals surface area contributed by atoms with Crippen LogP contribution < -0.4 is 0 Å². The van der Waals surface area contributed by atoms with E-state index >= 15 is 0 Å². The van der Waals surface area contributed by atoms with Gasteiger partial charge < -0.3 is 14.6 Å². The van der Waals surface area contributed by atoms with Crippen molar-refractivity contribution >= 4 is 5.91 Å². The highest BCUT2D eigenvalue weighted by Gasteiger charge is 2.20. The van der Waals surface area contributed by atoms with Gasteiger partial charge in [-0.1, -0.05) is 12.1 Å². The number of rotatable bonds is 4. The summed E-state index contributed by atoms with van der Waals surface area (Å²) >= 11 is 0. The van der Waals surface area contributed by atoms with Gasteiger partial charge in [-0.3, -0.25) is 4.79 Å². The number of carbonyl (C=O) groups excluding carboxylic acids is 1. The standard InChI is InChI=1S/C19H25N3O2/c1-19(2,24)9-8-15-4-6-16(7-5-15)18(23)21-10-3-11-22-14-20-12-17(22)13-21/h4-7,12,14,24H,3,8-11,13H2,1-2H3. The SMILES string of the molecule is CC(C)(O)CCc1ccc(C(=O)N2CCCn3cncc3C2)cc1. The molecule has 0 fully saturated rings. The van der Waals surface area contributed by atoms with Gasteiger partial charge in [0, 0.05) is 24.8 Å². The minimum Gasteiger partial charge on any atom is -0.390 e. The largest absolute Gasteiger partial charge is 0.390 e. The molecular formula is C19H25N3O2. The van der Waals surface area contributed by atoms with Crippen molar-refractivity contribution in [2.75, 3.05) is 6.54 Å². The van der Waals surface area contributed by atoms with Crippen LogP contribution in [0.5, 0.6) is 0 Å². The molecule has 3 rings (SSSR count). The van der Waals surface area contributed by atoms with Crippen molar-refractivity contribution in [2.45, 2.75) is 51.8 Å². The molecule has 1 aromatic heterocycles. The minimum atomic E-state index is -0.663. The van der Waals surface area contributed by atoms with Crippen molar-refractivity contribution in [3.63, 3.8) is 0 Å². The van der Waals surface area contributed by atoms with Gasteiger partial charge in [0.2, 0.25) is 0 Å². The van der Waals surface area contributed by atoms with Crippen molar-refractivity contribution in [2.24, 2.45) is 0 Å². The van der Waals surface area contributed by atoms with Gasteiger partial charge in [-0.05, 0) is 50.8 Å². The lowest BCUT2D eigenvalue weighted by Crippen LogP contribution is -2.30. The first kappa shape index (κ1) is 16.7. The van der Waals surface area contributed by atoms with Crippen LogP contribution in [-0.2, 0) is 19.5 Å². The average molecular weight is 327 g/mol. The van der Waals surface area contributed by atoms with Crippen LogP contribution in [0, 0.1) is 0 Å². The summed E-state index contributed by atoms with van der Waals surface area (Å²) in [5.74, 6) is 0.0682. The maximum atomic E-state index is 12.8. The lowest BCUT2D eigenvalue weighted by atomic mass is 9.98. The summed E-state index contributed by atoms with van der Waals surface area (Å²) < 4.78 is 2.12. The molecule has 0 bridgehead atoms. The molecule has 1 amide bonds. The quantitative estimate of drug-likeness (QED) is 0.939. The number of aromatic nitrogens is 2. The monoisotopic (exact) mass is 327 g/mol. The first-order valence-electron chi connectivity index (χ1n) is 8.52. The zero-order valence-electron chi connectivity index (χ0n) is 14.4. The smallest absolute Gasteiger partial charge is 0.254 e. The number of nitrogens with zero attached hydrogens (tertiary/aromatic N) is 3. The molecule has 0 aliphatic carbocycles. The highest BCUT2D eigenvalue weighted by molar-refractivity contribution is 5.94. The Morgan fingerprint density at radius 1 is 1.25 bits per heavy atom. The van der Waals surface area contributed by atoms with Gasteiger partial charge in [0.15, 0.2) is 0 Å². The normalized spacial score (nSPS) is 15.0. The first-order valence-corrected chi connectivity index (χ1v) is 8.52. The number of benzene rings is 1. The van der Waals surface area contributed by atoms with Crippen molar-refractivity contribution < 1.29 is 9.90 Å². The van der Waals surface area contributed by atoms with E-state index in [4.69, 9.17) is 0 Å². The van der Waals surface area contributed by atoms with E-state index in [-0.39, 0.29) is 5.91 Å². The highest BCUT2D eigenvalue weighted by atomic mass is 16.3. The molecule has 0 saturated carbocycles. The Labute approximate surface area is 142 Å². The molecule has 1 aliphatic heterocycles. The van der Waals surface area contributed by atoms with Crippen LogP contribution in [0.15, 0.2) is 36.8 Å². The molecule has 1 N–H and O–H groups in total. The summed E-state index contributed by atoms with van der Waals surface area (Å²) in [6, 6.07) is 7.76. The van der Waals surface area contributed by atoms with Gasteiger partial charge in [-0.2, -0.15) is 0 Å². The second-order valence-corrected chi connectivity index (χ2v) is 7.17. The van der Waals surface area contributed by atoms with E-state index in [1.54, 1.807) is 0 Å². The lowest BCUT2D eigenvalue weighted by Gasteiger charge is -2.20. The number of aryl methyl sites for hydroxylation is 2. The van der Waals surface area contributed by atoms with Gasteiger partial charge in [-0.25, -0.2) is 4.98 Å². The Hall–Kier alpha value is -2.14. The fraction of sp³-hybridized carbons (Fsp3) is 0.474. The number of fused-ring (bicyclic) bond motifs is 1. The van der Waals surface area contributed by atoms with Crippen molar-refractivity contribution in [3.05, 3.63) is 53.6 Å². The van der Waals surface area contributed by atoms with E-state index in [0.29, 0.717) is 13.0 Å². The summed E-state index contributed by atoms with van der Waals surface area (Å²) in [5.41, 5.74) is 2.28. The van der Waals surface area contributed by atoms with Crippen LogP contribution in [0.25, 0.3) is 0 Å². The maximum Gasteiger partial charge on any atom is 0.254 e. The van der Waals surface area contributed by atoms with E-state index in [0.717, 1.165) is 42.8 Å². The number of hydrogen-bond donors (Lipinski definition) is 1. The minimum absolute atomic E-state index is 0.0682. The van der Waals surface area contributed by atoms with E-state index < -0.39 is 5.60 Å². The third-order valence-corrected chi connectivity index (χ3v) is 4.49. The number of hydrogen-bond acceptors (Lipinski definition) is 3. The van der Waals surface area contributed by atoms with Gasteiger partial charge in [-0.15, -0.1) is 0 Å². The van der Waals surface area contributed by atoms with Crippen molar-refractivity contribution in [3.8, 4) is 0 Å². The van der Waals surface area contributed by atoms with Crippen LogP contribution in [-0.4, -0.2) is 37.6 Å². The van der Waals surface area contributed by atoms with Crippen LogP contribution in [0.3, 0.4) is 0 Å². The maximum absolute atomic E-state index is 12.8. The molecule has 1 aliphatic rings. The number of amides is 1. The molecule has 0 radical (unpaired) electrons. The van der Waals surface area contributed by atoms with Gasteiger partial charge in [0.05, 0.1) is 24.2 Å². The summed E-state index contributed by atoms with van der Waals surface area (Å²) in [6.07, 6.45) is 6.13. The Morgan fingerprint density at radius 2 is 2.00 bits per heavy atom. The predicted octanol–water partition coefficient (Wildman–Crippen LogP) is 2.63. The fourth-order valence-corrected chi connectivity index (χ4v) is 3.01. The van der Waals surface area contributed by atoms with E-state index in [2.05, 4.69) is 9.55 Å². The number of carbonyl (C=O) groups is 1. The van der Waals surface area contributed by atoms with Gasteiger partial charge in [0.25, 0.3) is 5.91 Å². The van der Waals surface area contributed by atoms with E-state index in [9.17, 15) is 9.90 Å². The molecule has 1 aromatic carbocycles. The number of imidazole rings is 1. The lowest BCUT2D eigenvalue weighted by molar-refractivity contribution is 0.0711. The van der Waals surface area contributed by atoms with E-state index in [1.807, 2.05) is 55.5 Å². The molecule has 0 saturated heterocycles. The molecule has 5 heteroatoms. The highest BCUT2D eigenvalue weighted by Crippen LogP contribution is 2.17. The summed E-state index contributed by atoms with van der Waals surface area (Å²) in [5, 5.41) is 9.81. The molecule has 0 unspecified atom stereocenters. The molecule has 5 nitrogen and oxygen atoms in total.